The summed E-state index contributed by atoms with van der Waals surface area (Å²) in [6.45, 7) is 0. The molecule has 4 aromatic rings. The first-order chi connectivity index (χ1) is 11.8. The molecule has 0 amide bonds. The molecule has 0 nitrogen and oxygen atoms in total. The van der Waals surface area contributed by atoms with E-state index in [1.54, 1.807) is 0 Å². The second-order valence-electron chi connectivity index (χ2n) is 5.69. The molecule has 0 saturated carbocycles. The quantitative estimate of drug-likeness (QED) is 0.268. The number of halogens is 2. The standard InChI is InChI=1S/C21H14.2ClH.Hf/c1-3-13-20-16(7-1)9-5-11-18(20)15-19-12-6-10-17-8-2-4-14-21(17)19;;;/h1-14H;2*1H;/q;;;+2/p-2. The number of hydrogen-bond donors (Lipinski definition) is 0. The summed E-state index contributed by atoms with van der Waals surface area (Å²) < 4.78 is 1.16. The molecule has 0 spiro atoms. The van der Waals surface area contributed by atoms with Crippen LogP contribution in [0.25, 0.3) is 21.5 Å². The van der Waals surface area contributed by atoms with Crippen LogP contribution in [-0.4, -0.2) is 3.26 Å². The average molecular weight is 516 g/mol. The predicted octanol–water partition coefficient (Wildman–Crippen LogP) is 6.49. The van der Waals surface area contributed by atoms with Crippen molar-refractivity contribution in [3.63, 3.8) is 0 Å². The number of hydrogen-bond acceptors (Lipinski definition) is 0. The third-order valence-corrected chi connectivity index (χ3v) is 10.7. The van der Waals surface area contributed by atoms with Gasteiger partial charge >= 0.3 is 157 Å². The minimum atomic E-state index is -2.88. The first-order valence-electron chi connectivity index (χ1n) is 7.77. The van der Waals surface area contributed by atoms with E-state index in [4.69, 9.17) is 17.2 Å². The molecule has 0 aliphatic rings. The van der Waals surface area contributed by atoms with Gasteiger partial charge in [0.05, 0.1) is 0 Å². The fourth-order valence-corrected chi connectivity index (χ4v) is 9.60. The van der Waals surface area contributed by atoms with Crippen LogP contribution in [0.1, 0.15) is 11.1 Å². The zero-order chi connectivity index (χ0) is 16.5. The van der Waals surface area contributed by atoms with Crippen LogP contribution >= 0.6 is 17.2 Å². The van der Waals surface area contributed by atoms with E-state index in [0.717, 1.165) is 3.26 Å². The number of fused-ring (bicyclic) bond motifs is 2. The van der Waals surface area contributed by atoms with Gasteiger partial charge in [-0.3, -0.25) is 0 Å². The van der Waals surface area contributed by atoms with Gasteiger partial charge in [0.15, 0.2) is 0 Å². The van der Waals surface area contributed by atoms with Crippen molar-refractivity contribution in [2.24, 2.45) is 0 Å². The second kappa shape index (κ2) is 6.92. The van der Waals surface area contributed by atoms with Crippen LogP contribution < -0.4 is 0 Å². The van der Waals surface area contributed by atoms with Crippen molar-refractivity contribution >= 4 is 42.0 Å². The van der Waals surface area contributed by atoms with Gasteiger partial charge in [0.2, 0.25) is 0 Å². The van der Waals surface area contributed by atoms with Gasteiger partial charge in [-0.05, 0) is 0 Å². The number of benzene rings is 4. The van der Waals surface area contributed by atoms with Gasteiger partial charge in [-0.2, -0.15) is 0 Å². The zero-order valence-electron chi connectivity index (χ0n) is 12.8. The summed E-state index contributed by atoms with van der Waals surface area (Å²) in [4.78, 5) is 0. The Labute approximate surface area is 155 Å². The van der Waals surface area contributed by atoms with E-state index >= 15 is 0 Å². The summed E-state index contributed by atoms with van der Waals surface area (Å²) >= 11 is -2.88. The maximum absolute atomic E-state index is 6.65. The van der Waals surface area contributed by atoms with Gasteiger partial charge < -0.3 is 0 Å². The van der Waals surface area contributed by atoms with Gasteiger partial charge in [-0.1, -0.05) is 0 Å². The van der Waals surface area contributed by atoms with Crippen LogP contribution in [0.3, 0.4) is 0 Å². The average Bonchev–Trinajstić information content (AvgIpc) is 2.62. The normalized spacial score (nSPS) is 10.9. The summed E-state index contributed by atoms with van der Waals surface area (Å²) in [5.41, 5.74) is 2.35. The Hall–Kier alpha value is -1.28. The molecule has 4 aromatic carbocycles. The number of rotatable bonds is 2. The molecular weight excluding hydrogens is 502 g/mol. The van der Waals surface area contributed by atoms with Gasteiger partial charge in [0, 0.05) is 0 Å². The fraction of sp³-hybridized carbons (Fsp3) is 0. The molecule has 0 aliphatic carbocycles. The van der Waals surface area contributed by atoms with Crippen LogP contribution in [-0.2, 0) is 18.6 Å². The second-order valence-corrected chi connectivity index (χ2v) is 17.1. The Morgan fingerprint density at radius 2 is 0.958 bits per heavy atom. The molecule has 116 valence electrons. The van der Waals surface area contributed by atoms with E-state index in [1.807, 2.05) is 0 Å². The Balaban J connectivity index is 2.07. The molecule has 4 rings (SSSR count). The van der Waals surface area contributed by atoms with Gasteiger partial charge in [0.25, 0.3) is 0 Å². The van der Waals surface area contributed by atoms with E-state index in [9.17, 15) is 0 Å². The third kappa shape index (κ3) is 2.90. The van der Waals surface area contributed by atoms with Crippen LogP contribution in [0, 0.1) is 0 Å². The molecule has 0 radical (unpaired) electrons. The monoisotopic (exact) mass is 516 g/mol. The van der Waals surface area contributed by atoms with Crippen molar-refractivity contribution in [2.75, 3.05) is 0 Å². The van der Waals surface area contributed by atoms with Crippen LogP contribution in [0.4, 0.5) is 0 Å². The first-order valence-corrected chi connectivity index (χ1v) is 18.5. The molecule has 0 fully saturated rings. The van der Waals surface area contributed by atoms with E-state index in [-0.39, 0.29) is 0 Å². The van der Waals surface area contributed by atoms with Gasteiger partial charge in [0.1, 0.15) is 0 Å². The van der Waals surface area contributed by atoms with E-state index in [1.165, 1.54) is 32.7 Å². The predicted molar refractivity (Wildman–Crippen MR) is 103 cm³/mol. The van der Waals surface area contributed by atoms with Crippen molar-refractivity contribution in [3.8, 4) is 0 Å². The van der Waals surface area contributed by atoms with Crippen molar-refractivity contribution in [1.29, 1.82) is 0 Å². The van der Waals surface area contributed by atoms with Gasteiger partial charge in [-0.25, -0.2) is 0 Å². The molecule has 0 bridgehead atoms. The van der Waals surface area contributed by atoms with Crippen LogP contribution in [0.5, 0.6) is 0 Å². The van der Waals surface area contributed by atoms with Crippen molar-refractivity contribution < 1.29 is 18.6 Å². The molecule has 0 unspecified atom stereocenters. The molecule has 0 N–H and O–H groups in total. The van der Waals surface area contributed by atoms with Crippen LogP contribution in [0.15, 0.2) is 84.9 Å². The molecule has 0 aromatic heterocycles. The molecule has 0 atom stereocenters. The van der Waals surface area contributed by atoms with Crippen molar-refractivity contribution in [3.05, 3.63) is 96.1 Å². The Morgan fingerprint density at radius 1 is 0.542 bits per heavy atom. The van der Waals surface area contributed by atoms with Crippen molar-refractivity contribution in [1.82, 2.24) is 0 Å². The topological polar surface area (TPSA) is 0 Å². The molecule has 0 heterocycles. The van der Waals surface area contributed by atoms with E-state index < -0.39 is 18.6 Å². The van der Waals surface area contributed by atoms with Gasteiger partial charge in [-0.15, -0.1) is 0 Å². The zero-order valence-corrected chi connectivity index (χ0v) is 17.9. The summed E-state index contributed by atoms with van der Waals surface area (Å²) in [6.07, 6.45) is 0. The Morgan fingerprint density at radius 3 is 1.42 bits per heavy atom. The first kappa shape index (κ1) is 16.2. The fourth-order valence-electron chi connectivity index (χ4n) is 3.24. The SMILES string of the molecule is [Cl][Hf]([Cl])=[C](c1cccc2ccccc12)c1cccc2ccccc12. The third-order valence-electron chi connectivity index (χ3n) is 4.31. The molecule has 3 heteroatoms. The summed E-state index contributed by atoms with van der Waals surface area (Å²) in [6, 6.07) is 29.6. The molecular formula is C21H14Cl2Hf. The molecule has 0 saturated heterocycles. The van der Waals surface area contributed by atoms with E-state index in [2.05, 4.69) is 84.9 Å². The Kier molecular flexibility index (Phi) is 4.67. The van der Waals surface area contributed by atoms with Crippen LogP contribution in [0.2, 0.25) is 0 Å². The van der Waals surface area contributed by atoms with Crippen molar-refractivity contribution in [2.45, 2.75) is 0 Å². The molecule has 0 aliphatic heterocycles. The maximum atomic E-state index is 6.65. The molecule has 24 heavy (non-hydrogen) atoms. The summed E-state index contributed by atoms with van der Waals surface area (Å²) in [5.74, 6) is 0. The Bertz CT molecular complexity index is 987. The minimum absolute atomic E-state index is 1.16. The van der Waals surface area contributed by atoms with E-state index in [0.29, 0.717) is 0 Å². The summed E-state index contributed by atoms with van der Waals surface area (Å²) in [7, 11) is 13.3. The summed E-state index contributed by atoms with van der Waals surface area (Å²) in [5, 5.41) is 4.86.